The van der Waals surface area contributed by atoms with Crippen molar-refractivity contribution >= 4 is 11.7 Å². The normalized spacial score (nSPS) is 20.2. The van der Waals surface area contributed by atoms with Crippen molar-refractivity contribution in [2.45, 2.75) is 39.7 Å². The maximum Gasteiger partial charge on any atom is 0.224 e. The molecule has 1 saturated heterocycles. The van der Waals surface area contributed by atoms with Crippen LogP contribution in [0.25, 0.3) is 0 Å². The van der Waals surface area contributed by atoms with Crippen LogP contribution in [0.3, 0.4) is 0 Å². The zero-order chi connectivity index (χ0) is 17.6. The van der Waals surface area contributed by atoms with Gasteiger partial charge in [-0.1, -0.05) is 0 Å². The van der Waals surface area contributed by atoms with Gasteiger partial charge < -0.3 is 20.3 Å². The van der Waals surface area contributed by atoms with Crippen molar-refractivity contribution in [3.8, 4) is 0 Å². The molecular formula is C18H29N5O2. The molecule has 3 rings (SSSR count). The summed E-state index contributed by atoms with van der Waals surface area (Å²) in [6, 6.07) is 0. The summed E-state index contributed by atoms with van der Waals surface area (Å²) in [5.41, 5.74) is 2.37. The van der Waals surface area contributed by atoms with E-state index in [-0.39, 0.29) is 11.8 Å². The number of hydrogen-bond donors (Lipinski definition) is 2. The molecule has 0 aromatic carbocycles. The van der Waals surface area contributed by atoms with Crippen molar-refractivity contribution < 1.29 is 9.53 Å². The molecule has 7 nitrogen and oxygen atoms in total. The van der Waals surface area contributed by atoms with Crippen molar-refractivity contribution in [3.05, 3.63) is 17.1 Å². The third-order valence-corrected chi connectivity index (χ3v) is 4.85. The van der Waals surface area contributed by atoms with E-state index in [0.29, 0.717) is 19.8 Å². The Morgan fingerprint density at radius 2 is 2.16 bits per heavy atom. The first-order chi connectivity index (χ1) is 12.2. The van der Waals surface area contributed by atoms with Gasteiger partial charge in [0.1, 0.15) is 12.4 Å². The number of carbonyl (C=O) groups excluding carboxylic acids is 1. The molecule has 0 saturated carbocycles. The molecule has 1 atom stereocenters. The van der Waals surface area contributed by atoms with Crippen LogP contribution in [-0.2, 0) is 29.0 Å². The molecule has 2 aliphatic rings. The van der Waals surface area contributed by atoms with Gasteiger partial charge in [-0.15, -0.1) is 0 Å². The molecule has 25 heavy (non-hydrogen) atoms. The van der Waals surface area contributed by atoms with Gasteiger partial charge in [-0.2, -0.15) is 0 Å². The summed E-state index contributed by atoms with van der Waals surface area (Å²) >= 11 is 0. The number of amides is 1. The molecule has 0 spiro atoms. The fourth-order valence-corrected chi connectivity index (χ4v) is 3.58. The van der Waals surface area contributed by atoms with Gasteiger partial charge in [0.15, 0.2) is 5.82 Å². The Kier molecular flexibility index (Phi) is 6.20. The maximum absolute atomic E-state index is 12.2. The molecule has 2 N–H and O–H groups in total. The van der Waals surface area contributed by atoms with E-state index in [9.17, 15) is 4.79 Å². The Labute approximate surface area is 149 Å². The van der Waals surface area contributed by atoms with E-state index in [4.69, 9.17) is 14.7 Å². The second kappa shape index (κ2) is 8.58. The van der Waals surface area contributed by atoms with E-state index in [1.807, 2.05) is 13.8 Å². The van der Waals surface area contributed by atoms with Crippen LogP contribution in [0.15, 0.2) is 0 Å². The van der Waals surface area contributed by atoms with Crippen LogP contribution in [-0.4, -0.2) is 55.2 Å². The highest BCUT2D eigenvalue weighted by molar-refractivity contribution is 5.80. The number of fused-ring (bicyclic) bond motifs is 1. The Bertz CT molecular complexity index is 607. The fourth-order valence-electron chi connectivity index (χ4n) is 3.58. The summed E-state index contributed by atoms with van der Waals surface area (Å²) in [6.07, 6.45) is 2.73. The smallest absolute Gasteiger partial charge is 0.224 e. The van der Waals surface area contributed by atoms with E-state index < -0.39 is 0 Å². The lowest BCUT2D eigenvalue weighted by molar-refractivity contribution is -0.124. The lowest BCUT2D eigenvalue weighted by Gasteiger charge is -2.22. The number of aromatic nitrogens is 2. The van der Waals surface area contributed by atoms with Crippen LogP contribution < -0.4 is 15.5 Å². The molecule has 138 valence electrons. The number of nitrogens with zero attached hydrogens (tertiary/aromatic N) is 3. The van der Waals surface area contributed by atoms with E-state index in [1.54, 1.807) is 0 Å². The van der Waals surface area contributed by atoms with Crippen molar-refractivity contribution in [1.29, 1.82) is 0 Å². The molecule has 0 aliphatic carbocycles. The SMILES string of the molecule is CCNC(=O)C1CCN(c2nc(COCC)nc3c2CCNCC3)C1. The minimum atomic E-state index is 0.0461. The molecule has 2 aliphatic heterocycles. The predicted octanol–water partition coefficient (Wildman–Crippen LogP) is 0.664. The first-order valence-electron chi connectivity index (χ1n) is 9.42. The van der Waals surface area contributed by atoms with Crippen LogP contribution in [0.1, 0.15) is 37.4 Å². The summed E-state index contributed by atoms with van der Waals surface area (Å²) in [7, 11) is 0. The molecule has 1 unspecified atom stereocenters. The summed E-state index contributed by atoms with van der Waals surface area (Å²) in [5.74, 6) is 1.96. The highest BCUT2D eigenvalue weighted by atomic mass is 16.5. The molecule has 7 heteroatoms. The molecule has 1 aromatic heterocycles. The quantitative estimate of drug-likeness (QED) is 0.787. The zero-order valence-electron chi connectivity index (χ0n) is 15.3. The zero-order valence-corrected chi connectivity index (χ0v) is 15.3. The number of carbonyl (C=O) groups is 1. The van der Waals surface area contributed by atoms with Gasteiger partial charge in [-0.3, -0.25) is 4.79 Å². The average molecular weight is 347 g/mol. The summed E-state index contributed by atoms with van der Waals surface area (Å²) < 4.78 is 5.53. The van der Waals surface area contributed by atoms with Gasteiger partial charge in [-0.05, 0) is 33.2 Å². The van der Waals surface area contributed by atoms with E-state index in [1.165, 1.54) is 5.56 Å². The van der Waals surface area contributed by atoms with E-state index >= 15 is 0 Å². The van der Waals surface area contributed by atoms with E-state index in [2.05, 4.69) is 15.5 Å². The minimum Gasteiger partial charge on any atom is -0.374 e. The molecular weight excluding hydrogens is 318 g/mol. The van der Waals surface area contributed by atoms with E-state index in [0.717, 1.165) is 62.8 Å². The first-order valence-corrected chi connectivity index (χ1v) is 9.42. The van der Waals surface area contributed by atoms with Crippen molar-refractivity contribution in [2.75, 3.05) is 44.2 Å². The molecule has 0 bridgehead atoms. The minimum absolute atomic E-state index is 0.0461. The number of rotatable bonds is 6. The molecule has 1 fully saturated rings. The van der Waals surface area contributed by atoms with Gasteiger partial charge in [0, 0.05) is 44.8 Å². The van der Waals surface area contributed by atoms with Gasteiger partial charge >= 0.3 is 0 Å². The summed E-state index contributed by atoms with van der Waals surface area (Å²) in [6.45, 7) is 9.21. The maximum atomic E-state index is 12.2. The van der Waals surface area contributed by atoms with Crippen molar-refractivity contribution in [1.82, 2.24) is 20.6 Å². The molecule has 1 amide bonds. The van der Waals surface area contributed by atoms with Crippen LogP contribution in [0.2, 0.25) is 0 Å². The fraction of sp³-hybridized carbons (Fsp3) is 0.722. The van der Waals surface area contributed by atoms with Crippen LogP contribution >= 0.6 is 0 Å². The van der Waals surface area contributed by atoms with Crippen molar-refractivity contribution in [3.63, 3.8) is 0 Å². The second-order valence-corrected chi connectivity index (χ2v) is 6.60. The van der Waals surface area contributed by atoms with Gasteiger partial charge in [0.05, 0.1) is 11.6 Å². The largest absolute Gasteiger partial charge is 0.374 e. The summed E-state index contributed by atoms with van der Waals surface area (Å²) in [4.78, 5) is 24.0. The number of hydrogen-bond acceptors (Lipinski definition) is 6. The molecule has 0 radical (unpaired) electrons. The third kappa shape index (κ3) is 4.27. The monoisotopic (exact) mass is 347 g/mol. The lowest BCUT2D eigenvalue weighted by atomic mass is 10.1. The lowest BCUT2D eigenvalue weighted by Crippen LogP contribution is -2.33. The number of anilines is 1. The topological polar surface area (TPSA) is 79.4 Å². The standard InChI is InChI=1S/C18H29N5O2/c1-3-20-18(24)13-7-10-23(11-13)17-14-5-8-19-9-6-15(14)21-16(22-17)12-25-4-2/h13,19H,3-12H2,1-2H3,(H,20,24). The van der Waals surface area contributed by atoms with Gasteiger partial charge in [0.25, 0.3) is 0 Å². The van der Waals surface area contributed by atoms with Crippen LogP contribution in [0, 0.1) is 5.92 Å². The van der Waals surface area contributed by atoms with Gasteiger partial charge in [0.2, 0.25) is 5.91 Å². The van der Waals surface area contributed by atoms with Crippen LogP contribution in [0.5, 0.6) is 0 Å². The Morgan fingerprint density at radius 1 is 1.32 bits per heavy atom. The highest BCUT2D eigenvalue weighted by Crippen LogP contribution is 2.28. The second-order valence-electron chi connectivity index (χ2n) is 6.60. The first kappa shape index (κ1) is 18.1. The van der Waals surface area contributed by atoms with Crippen LogP contribution in [0.4, 0.5) is 5.82 Å². The Hall–Kier alpha value is -1.73. The highest BCUT2D eigenvalue weighted by Gasteiger charge is 2.31. The van der Waals surface area contributed by atoms with Gasteiger partial charge in [-0.25, -0.2) is 9.97 Å². The third-order valence-electron chi connectivity index (χ3n) is 4.85. The molecule has 3 heterocycles. The predicted molar refractivity (Wildman–Crippen MR) is 96.6 cm³/mol. The number of ether oxygens (including phenoxy) is 1. The molecule has 1 aromatic rings. The average Bonchev–Trinajstić information content (AvgIpc) is 2.99. The van der Waals surface area contributed by atoms with Crippen molar-refractivity contribution in [2.24, 2.45) is 5.92 Å². The Balaban J connectivity index is 1.85. The number of nitrogens with one attached hydrogen (secondary N) is 2. The Morgan fingerprint density at radius 3 is 2.96 bits per heavy atom. The summed E-state index contributed by atoms with van der Waals surface area (Å²) in [5, 5.41) is 6.38.